The molecule has 1 atom stereocenters. The average Bonchev–Trinajstić information content (AvgIpc) is 2.80. The predicted octanol–water partition coefficient (Wildman–Crippen LogP) is 1.45. The lowest BCUT2D eigenvalue weighted by molar-refractivity contribution is -0.141. The summed E-state index contributed by atoms with van der Waals surface area (Å²) in [6.45, 7) is 1.99. The minimum absolute atomic E-state index is 0.0174. The molecule has 1 heterocycles. The lowest BCUT2D eigenvalue weighted by Crippen LogP contribution is -2.26. The van der Waals surface area contributed by atoms with Gasteiger partial charge in [0.15, 0.2) is 0 Å². The van der Waals surface area contributed by atoms with Gasteiger partial charge in [-0.1, -0.05) is 0 Å². The maximum atomic E-state index is 12.0. The molecular weight excluding hydrogens is 262 g/mol. The summed E-state index contributed by atoms with van der Waals surface area (Å²) in [6.07, 6.45) is 0.0174. The van der Waals surface area contributed by atoms with E-state index in [0.717, 1.165) is 5.56 Å². The van der Waals surface area contributed by atoms with E-state index in [4.69, 9.17) is 14.6 Å². The number of anilines is 1. The van der Waals surface area contributed by atoms with Crippen molar-refractivity contribution >= 4 is 17.6 Å². The number of hydrogen-bond acceptors (Lipinski definition) is 4. The molecule has 1 aromatic carbocycles. The molecule has 6 nitrogen and oxygen atoms in total. The Morgan fingerprint density at radius 3 is 2.55 bits per heavy atom. The van der Waals surface area contributed by atoms with E-state index in [-0.39, 0.29) is 18.9 Å². The first-order chi connectivity index (χ1) is 9.49. The highest BCUT2D eigenvalue weighted by atomic mass is 16.5. The zero-order valence-corrected chi connectivity index (χ0v) is 11.7. The molecule has 1 saturated heterocycles. The van der Waals surface area contributed by atoms with Crippen LogP contribution in [0.4, 0.5) is 5.69 Å². The zero-order valence-electron chi connectivity index (χ0n) is 11.7. The second-order valence-corrected chi connectivity index (χ2v) is 4.69. The number of ether oxygens (including phenoxy) is 2. The van der Waals surface area contributed by atoms with Gasteiger partial charge >= 0.3 is 5.97 Å². The number of carbonyl (C=O) groups is 2. The molecule has 1 aliphatic heterocycles. The van der Waals surface area contributed by atoms with Crippen LogP contribution in [0.5, 0.6) is 11.5 Å². The van der Waals surface area contributed by atoms with E-state index in [1.54, 1.807) is 19.2 Å². The molecule has 1 amide bonds. The Morgan fingerprint density at radius 1 is 1.35 bits per heavy atom. The Hall–Kier alpha value is -2.24. The van der Waals surface area contributed by atoms with Crippen LogP contribution in [0.25, 0.3) is 0 Å². The first-order valence-corrected chi connectivity index (χ1v) is 6.24. The lowest BCUT2D eigenvalue weighted by Gasteiger charge is -2.21. The molecule has 1 aromatic rings. The second kappa shape index (κ2) is 5.40. The van der Waals surface area contributed by atoms with E-state index in [1.807, 2.05) is 6.92 Å². The third-order valence-electron chi connectivity index (χ3n) is 3.52. The summed E-state index contributed by atoms with van der Waals surface area (Å²) in [6, 6.07) is 3.46. The minimum Gasteiger partial charge on any atom is -0.496 e. The fourth-order valence-electron chi connectivity index (χ4n) is 2.46. The van der Waals surface area contributed by atoms with Gasteiger partial charge in [0, 0.05) is 18.5 Å². The number of carbonyl (C=O) groups excluding carboxylic acids is 1. The van der Waals surface area contributed by atoms with Crippen LogP contribution in [0.15, 0.2) is 12.1 Å². The van der Waals surface area contributed by atoms with Gasteiger partial charge in [0.1, 0.15) is 11.5 Å². The van der Waals surface area contributed by atoms with Crippen molar-refractivity contribution in [1.29, 1.82) is 0 Å². The molecule has 0 spiro atoms. The van der Waals surface area contributed by atoms with Crippen LogP contribution in [-0.2, 0) is 9.59 Å². The maximum absolute atomic E-state index is 12.0. The number of nitrogens with zero attached hydrogens (tertiary/aromatic N) is 1. The Morgan fingerprint density at radius 2 is 2.05 bits per heavy atom. The molecule has 20 heavy (non-hydrogen) atoms. The van der Waals surface area contributed by atoms with Crippen LogP contribution in [-0.4, -0.2) is 37.7 Å². The van der Waals surface area contributed by atoms with E-state index in [0.29, 0.717) is 17.2 Å². The maximum Gasteiger partial charge on any atom is 0.308 e. The van der Waals surface area contributed by atoms with Crippen molar-refractivity contribution in [1.82, 2.24) is 0 Å². The molecule has 108 valence electrons. The SMILES string of the molecule is COc1ccc(N2CC(C(=O)O)CC2=O)c(OC)c1C. The lowest BCUT2D eigenvalue weighted by atomic mass is 10.1. The summed E-state index contributed by atoms with van der Waals surface area (Å²) in [5.74, 6) is -0.643. The molecule has 1 fully saturated rings. The van der Waals surface area contributed by atoms with Crippen molar-refractivity contribution in [3.63, 3.8) is 0 Å². The van der Waals surface area contributed by atoms with Crippen molar-refractivity contribution in [2.24, 2.45) is 5.92 Å². The van der Waals surface area contributed by atoms with Gasteiger partial charge in [-0.15, -0.1) is 0 Å². The Labute approximate surface area is 116 Å². The monoisotopic (exact) mass is 279 g/mol. The zero-order chi connectivity index (χ0) is 14.9. The van der Waals surface area contributed by atoms with Crippen LogP contribution in [0.1, 0.15) is 12.0 Å². The van der Waals surface area contributed by atoms with Gasteiger partial charge in [-0.3, -0.25) is 9.59 Å². The average molecular weight is 279 g/mol. The Balaban J connectivity index is 2.41. The van der Waals surface area contributed by atoms with Gasteiger partial charge in [-0.05, 0) is 19.1 Å². The molecule has 0 bridgehead atoms. The molecule has 1 aliphatic rings. The number of methoxy groups -OCH3 is 2. The van der Waals surface area contributed by atoms with E-state index in [9.17, 15) is 9.59 Å². The Bertz CT molecular complexity index is 555. The smallest absolute Gasteiger partial charge is 0.308 e. The third-order valence-corrected chi connectivity index (χ3v) is 3.52. The quantitative estimate of drug-likeness (QED) is 0.902. The predicted molar refractivity (Wildman–Crippen MR) is 72.4 cm³/mol. The van der Waals surface area contributed by atoms with E-state index in [2.05, 4.69) is 0 Å². The van der Waals surface area contributed by atoms with Gasteiger partial charge in [0.2, 0.25) is 5.91 Å². The molecule has 6 heteroatoms. The number of carboxylic acids is 1. The van der Waals surface area contributed by atoms with Crippen LogP contribution >= 0.6 is 0 Å². The van der Waals surface area contributed by atoms with E-state index in [1.165, 1.54) is 12.0 Å². The van der Waals surface area contributed by atoms with Crippen molar-refractivity contribution in [3.05, 3.63) is 17.7 Å². The van der Waals surface area contributed by atoms with Gasteiger partial charge in [-0.25, -0.2) is 0 Å². The number of rotatable bonds is 4. The largest absolute Gasteiger partial charge is 0.496 e. The molecule has 0 radical (unpaired) electrons. The van der Waals surface area contributed by atoms with Gasteiger partial charge in [0.05, 0.1) is 25.8 Å². The van der Waals surface area contributed by atoms with E-state index >= 15 is 0 Å². The normalized spacial score (nSPS) is 18.2. The summed E-state index contributed by atoms with van der Waals surface area (Å²) >= 11 is 0. The number of carboxylic acid groups (broad SMARTS) is 1. The fourth-order valence-corrected chi connectivity index (χ4v) is 2.46. The van der Waals surface area contributed by atoms with Crippen molar-refractivity contribution in [2.75, 3.05) is 25.7 Å². The standard InChI is InChI=1S/C14H17NO5/c1-8-11(19-2)5-4-10(13(8)20-3)15-7-9(14(17)18)6-12(15)16/h4-5,9H,6-7H2,1-3H3,(H,17,18). The second-order valence-electron chi connectivity index (χ2n) is 4.69. The number of amides is 1. The number of aliphatic carboxylic acids is 1. The Kier molecular flexibility index (Phi) is 3.83. The van der Waals surface area contributed by atoms with E-state index < -0.39 is 11.9 Å². The number of hydrogen-bond donors (Lipinski definition) is 1. The summed E-state index contributed by atoms with van der Waals surface area (Å²) < 4.78 is 10.6. The summed E-state index contributed by atoms with van der Waals surface area (Å²) in [4.78, 5) is 24.5. The molecule has 0 aliphatic carbocycles. The molecule has 0 aromatic heterocycles. The van der Waals surface area contributed by atoms with Crippen molar-refractivity contribution in [2.45, 2.75) is 13.3 Å². The van der Waals surface area contributed by atoms with Crippen LogP contribution in [0, 0.1) is 12.8 Å². The van der Waals surface area contributed by atoms with Crippen molar-refractivity contribution in [3.8, 4) is 11.5 Å². The molecule has 1 N–H and O–H groups in total. The summed E-state index contributed by atoms with van der Waals surface area (Å²) in [7, 11) is 3.07. The number of benzene rings is 1. The first kappa shape index (κ1) is 14.2. The fraction of sp³-hybridized carbons (Fsp3) is 0.429. The van der Waals surface area contributed by atoms with Crippen LogP contribution < -0.4 is 14.4 Å². The highest BCUT2D eigenvalue weighted by Gasteiger charge is 2.36. The van der Waals surface area contributed by atoms with Gasteiger partial charge < -0.3 is 19.5 Å². The third kappa shape index (κ3) is 2.29. The molecule has 2 rings (SSSR count). The highest BCUT2D eigenvalue weighted by molar-refractivity contribution is 6.00. The first-order valence-electron chi connectivity index (χ1n) is 6.24. The summed E-state index contributed by atoms with van der Waals surface area (Å²) in [5, 5.41) is 9.03. The van der Waals surface area contributed by atoms with Gasteiger partial charge in [0.25, 0.3) is 0 Å². The summed E-state index contributed by atoms with van der Waals surface area (Å²) in [5.41, 5.74) is 1.36. The highest BCUT2D eigenvalue weighted by Crippen LogP contribution is 2.39. The van der Waals surface area contributed by atoms with Crippen LogP contribution in [0.2, 0.25) is 0 Å². The molecular formula is C14H17NO5. The minimum atomic E-state index is -0.954. The molecule has 0 saturated carbocycles. The van der Waals surface area contributed by atoms with Gasteiger partial charge in [-0.2, -0.15) is 0 Å². The topological polar surface area (TPSA) is 76.1 Å². The van der Waals surface area contributed by atoms with Crippen LogP contribution in [0.3, 0.4) is 0 Å². The van der Waals surface area contributed by atoms with Crippen molar-refractivity contribution < 1.29 is 24.2 Å². The molecule has 1 unspecified atom stereocenters.